The fourth-order valence-electron chi connectivity index (χ4n) is 11.3. The lowest BCUT2D eigenvalue weighted by Crippen LogP contribution is -2.37. The van der Waals surface area contributed by atoms with Gasteiger partial charge < -0.3 is 19.9 Å². The van der Waals surface area contributed by atoms with Gasteiger partial charge in [0.25, 0.3) is 0 Å². The summed E-state index contributed by atoms with van der Waals surface area (Å²) in [6, 6.07) is 52.2. The quantitative estimate of drug-likeness (QED) is 0.138. The number of hydrogen-bond donors (Lipinski definition) is 2. The molecular weight excluding hydrogens is 1170 g/mol. The number of nitrogens with zero attached hydrogens (tertiary/aromatic N) is 3. The summed E-state index contributed by atoms with van der Waals surface area (Å²) in [5, 5.41) is 17.0. The highest BCUT2D eigenvalue weighted by Crippen LogP contribution is 2.42. The Kier molecular flexibility index (Phi) is 22.3. The number of hydrogen-bond acceptors (Lipinski definition) is 8. The average Bonchev–Trinajstić information content (AvgIpc) is 4.47. The van der Waals surface area contributed by atoms with Crippen LogP contribution in [0.15, 0.2) is 164 Å². The average molecular weight is 1240 g/mol. The van der Waals surface area contributed by atoms with E-state index in [4.69, 9.17) is 55.9 Å². The van der Waals surface area contributed by atoms with Crippen molar-refractivity contribution in [2.75, 3.05) is 52.4 Å². The van der Waals surface area contributed by atoms with Crippen molar-refractivity contribution in [1.82, 2.24) is 20.0 Å². The number of benzene rings is 7. The Morgan fingerprint density at radius 2 is 1.02 bits per heavy atom. The molecule has 6 aliphatic heterocycles. The Balaban J connectivity index is 0.000000136. The lowest BCUT2D eigenvalue weighted by molar-refractivity contribution is -0.116. The van der Waals surface area contributed by atoms with E-state index in [0.29, 0.717) is 58.2 Å². The molecule has 6 heterocycles. The molecule has 6 aliphatic rings. The number of likely N-dealkylation sites (tertiary alicyclic amines) is 3. The smallest absolute Gasteiger partial charge is 0.148 e. The maximum atomic E-state index is 13.9. The highest BCUT2D eigenvalue weighted by Gasteiger charge is 2.45. The third kappa shape index (κ3) is 17.8. The van der Waals surface area contributed by atoms with Gasteiger partial charge in [0.2, 0.25) is 0 Å². The van der Waals surface area contributed by atoms with Crippen molar-refractivity contribution in [3.8, 4) is 11.5 Å². The predicted octanol–water partition coefficient (Wildman–Crippen LogP) is 15.1. The van der Waals surface area contributed by atoms with Crippen LogP contribution >= 0.6 is 62.3 Å². The van der Waals surface area contributed by atoms with E-state index in [2.05, 4.69) is 90.5 Å². The van der Waals surface area contributed by atoms with Crippen LogP contribution in [0.2, 0.25) is 20.1 Å². The number of nitrogens with one attached hydrogen (secondary N) is 1. The Labute approximate surface area is 505 Å². The molecule has 4 fully saturated rings. The molecule has 13 rings (SSSR count). The number of carbonyl (C=O) groups excluding carboxylic acids is 1. The summed E-state index contributed by atoms with van der Waals surface area (Å²) in [6.45, 7) is 9.76. The maximum absolute atomic E-state index is 13.9. The summed E-state index contributed by atoms with van der Waals surface area (Å²) in [5.74, 6) is 1.79. The van der Waals surface area contributed by atoms with E-state index >= 15 is 0 Å². The molecule has 7 aromatic rings. The van der Waals surface area contributed by atoms with Crippen LogP contribution in [0, 0.1) is 11.6 Å². The van der Waals surface area contributed by atoms with Gasteiger partial charge in [-0.25, -0.2) is 8.78 Å². The van der Waals surface area contributed by atoms with Gasteiger partial charge in [0.05, 0.1) is 12.1 Å². The first-order valence-corrected chi connectivity index (χ1v) is 29.9. The van der Waals surface area contributed by atoms with E-state index in [0.717, 1.165) is 113 Å². The van der Waals surface area contributed by atoms with Gasteiger partial charge in [-0.3, -0.25) is 19.5 Å². The van der Waals surface area contributed by atoms with E-state index in [9.17, 15) is 18.7 Å². The van der Waals surface area contributed by atoms with Crippen LogP contribution in [-0.2, 0) is 49.0 Å². The number of fused-ring (bicyclic) bond motifs is 2. The van der Waals surface area contributed by atoms with E-state index in [1.165, 1.54) is 39.9 Å². The molecule has 0 aliphatic carbocycles. The largest absolute Gasteiger partial charge is 0.485 e. The number of Topliss-reactive ketones (excluding diaryl/α,β-unsaturated/α-hetero) is 1. The van der Waals surface area contributed by atoms with Gasteiger partial charge in [0.15, 0.2) is 0 Å². The van der Waals surface area contributed by atoms with E-state index < -0.39 is 5.60 Å². The number of ether oxygens (including phenoxy) is 2. The van der Waals surface area contributed by atoms with Crippen molar-refractivity contribution in [2.24, 2.45) is 0 Å². The number of alkyl halides is 1. The summed E-state index contributed by atoms with van der Waals surface area (Å²) in [6.07, 6.45) is 5.87. The number of halogens is 7. The first kappa shape index (κ1) is 62.2. The first-order chi connectivity index (χ1) is 38.6. The van der Waals surface area contributed by atoms with Crippen molar-refractivity contribution in [1.29, 1.82) is 0 Å². The standard InChI is InChI=1S/C18H19ClFNO.C18H18ClNO.C11H12ClNO.C11H13NO.C7H5BrClF.CH4/c19-16-7-6-15(17(20)10-16)11-18(22)8-9-21(13-18)12-14-4-2-1-3-5-14;19-16-6-7-17-15(10-16)11-18(21-17)8-9-20(13-18)12-14-4-2-1-3-5-14;12-9-1-2-10-8(5-9)6-11(14-10)3-4-13-7-11;13-11-6-7-12(9-11)8-10-4-2-1-3-5-10;8-4-5-1-2-6(9)3-7(5)10;/h1-7,10,22H,8-9,11-13H2;1-7,10H,8-9,11-13H2;1-2,5,13H,3-4,6-7H2;1-5H,6-9H2;1-3H,4H2;1H4. The van der Waals surface area contributed by atoms with Gasteiger partial charge >= 0.3 is 0 Å². The van der Waals surface area contributed by atoms with Crippen molar-refractivity contribution in [2.45, 2.75) is 94.1 Å². The fourth-order valence-corrected chi connectivity index (χ4v) is 12.4. The van der Waals surface area contributed by atoms with Crippen LogP contribution in [0.3, 0.4) is 0 Å². The number of carbonyl (C=O) groups is 1. The Morgan fingerprint density at radius 1 is 0.556 bits per heavy atom. The first-order valence-electron chi connectivity index (χ1n) is 27.2. The van der Waals surface area contributed by atoms with Gasteiger partial charge in [-0.2, -0.15) is 0 Å². The van der Waals surface area contributed by atoms with Crippen molar-refractivity contribution in [3.05, 3.63) is 234 Å². The Morgan fingerprint density at radius 3 is 1.52 bits per heavy atom. The molecule has 15 heteroatoms. The molecule has 0 amide bonds. The van der Waals surface area contributed by atoms with E-state index in [1.54, 1.807) is 24.3 Å². The second kappa shape index (κ2) is 29.1. The van der Waals surface area contributed by atoms with Gasteiger partial charge in [-0.05, 0) is 113 Å². The second-order valence-corrected chi connectivity index (χ2v) is 24.0. The zero-order valence-electron chi connectivity index (χ0n) is 44.7. The molecular formula is C66H71BrCl4F2N4O4. The van der Waals surface area contributed by atoms with Crippen molar-refractivity contribution >= 4 is 68.1 Å². The molecule has 428 valence electrons. The molecule has 81 heavy (non-hydrogen) atoms. The molecule has 2 spiro atoms. The fraction of sp³-hybridized carbons (Fsp3) is 0.348. The van der Waals surface area contributed by atoms with Crippen LogP contribution in [0.4, 0.5) is 8.78 Å². The highest BCUT2D eigenvalue weighted by atomic mass is 79.9. The lowest BCUT2D eigenvalue weighted by atomic mass is 9.93. The molecule has 7 aromatic carbocycles. The molecule has 3 unspecified atom stereocenters. The van der Waals surface area contributed by atoms with Gasteiger partial charge in [-0.1, -0.05) is 173 Å². The molecule has 0 bridgehead atoms. The van der Waals surface area contributed by atoms with E-state index in [-0.39, 0.29) is 30.3 Å². The van der Waals surface area contributed by atoms with E-state index in [1.807, 2.05) is 72.8 Å². The molecule has 4 saturated heterocycles. The summed E-state index contributed by atoms with van der Waals surface area (Å²) >= 11 is 26.5. The Hall–Kier alpha value is -4.89. The summed E-state index contributed by atoms with van der Waals surface area (Å²) in [7, 11) is 0. The van der Waals surface area contributed by atoms with Crippen molar-refractivity contribution in [3.63, 3.8) is 0 Å². The minimum atomic E-state index is -0.872. The zero-order valence-corrected chi connectivity index (χ0v) is 49.3. The van der Waals surface area contributed by atoms with Gasteiger partial charge in [0, 0.05) is 123 Å². The molecule has 0 aromatic heterocycles. The van der Waals surface area contributed by atoms with Crippen molar-refractivity contribution < 1.29 is 28.2 Å². The molecule has 8 nitrogen and oxygen atoms in total. The predicted molar refractivity (Wildman–Crippen MR) is 329 cm³/mol. The Bertz CT molecular complexity index is 3160. The second-order valence-electron chi connectivity index (χ2n) is 21.7. The number of rotatable bonds is 9. The number of aliphatic hydroxyl groups is 1. The molecule has 0 saturated carbocycles. The molecule has 0 radical (unpaired) electrons. The molecule has 2 N–H and O–H groups in total. The number of ketones is 1. The zero-order chi connectivity index (χ0) is 56.1. The summed E-state index contributed by atoms with van der Waals surface area (Å²) in [5.41, 5.74) is 6.65. The SMILES string of the molecule is C.Clc1ccc2c(c1)CC1(CCN(Cc3ccccc3)C1)O2.Clc1ccc2c(c1)CC1(CCNC1)O2.Fc1cc(Cl)ccc1CBr.O=C1CCN(Cc2ccccc2)C1.OC1(Cc2ccc(Cl)cc2F)CCN(Cc2ccccc2)C1. The summed E-state index contributed by atoms with van der Waals surface area (Å²) in [4.78, 5) is 17.9. The van der Waals surface area contributed by atoms with Gasteiger partial charge in [-0.15, -0.1) is 0 Å². The minimum Gasteiger partial charge on any atom is -0.485 e. The monoisotopic (exact) mass is 1240 g/mol. The third-order valence-corrected chi connectivity index (χ3v) is 16.8. The van der Waals surface area contributed by atoms with Gasteiger partial charge in [0.1, 0.15) is 40.1 Å². The topological polar surface area (TPSA) is 77.5 Å². The van der Waals surface area contributed by atoms with Crippen LogP contribution < -0.4 is 14.8 Å². The van der Waals surface area contributed by atoms with Crippen LogP contribution in [-0.4, -0.2) is 94.8 Å². The number of β-amino-alcohol motifs (C(OH)–C–C–N with tert-alkyl or cyclic N) is 1. The third-order valence-electron chi connectivity index (χ3n) is 15.3. The van der Waals surface area contributed by atoms with Crippen LogP contribution in [0.1, 0.15) is 72.1 Å². The summed E-state index contributed by atoms with van der Waals surface area (Å²) < 4.78 is 38.9. The maximum Gasteiger partial charge on any atom is 0.148 e. The van der Waals surface area contributed by atoms with Crippen LogP contribution in [0.5, 0.6) is 11.5 Å². The lowest BCUT2D eigenvalue weighted by Gasteiger charge is -2.24. The molecule has 3 atom stereocenters. The van der Waals surface area contributed by atoms with Crippen LogP contribution in [0.25, 0.3) is 0 Å². The highest BCUT2D eigenvalue weighted by molar-refractivity contribution is 9.08. The minimum absolute atomic E-state index is 0. The normalized spacial score (nSPS) is 21.5.